The summed E-state index contributed by atoms with van der Waals surface area (Å²) in [6, 6.07) is 5.54. The molecule has 0 bridgehead atoms. The van der Waals surface area contributed by atoms with E-state index >= 15 is 0 Å². The van der Waals surface area contributed by atoms with Crippen molar-refractivity contribution in [2.24, 2.45) is 5.92 Å². The summed E-state index contributed by atoms with van der Waals surface area (Å²) < 4.78 is 43.3. The fourth-order valence-electron chi connectivity index (χ4n) is 3.25. The summed E-state index contributed by atoms with van der Waals surface area (Å²) in [7, 11) is 1.60. The van der Waals surface area contributed by atoms with E-state index in [2.05, 4.69) is 10.2 Å². The van der Waals surface area contributed by atoms with Gasteiger partial charge >= 0.3 is 6.18 Å². The molecule has 0 spiro atoms. The van der Waals surface area contributed by atoms with Crippen molar-refractivity contribution in [3.05, 3.63) is 35.4 Å². The molecular formula is C19H27F3N2O2. The van der Waals surface area contributed by atoms with E-state index in [0.717, 1.165) is 38.4 Å². The molecule has 0 aliphatic carbocycles. The SMILES string of the molecule is COCCNC(=O)CCC1CCN(Cc2cccc(C(F)(F)F)c2)CC1. The molecule has 7 heteroatoms. The second-order valence-corrected chi connectivity index (χ2v) is 6.80. The number of carbonyl (C=O) groups is 1. The summed E-state index contributed by atoms with van der Waals surface area (Å²) in [6.45, 7) is 3.29. The summed E-state index contributed by atoms with van der Waals surface area (Å²) in [5.41, 5.74) is 0.0974. The van der Waals surface area contributed by atoms with Crippen molar-refractivity contribution in [2.75, 3.05) is 33.4 Å². The van der Waals surface area contributed by atoms with Crippen molar-refractivity contribution < 1.29 is 22.7 Å². The van der Waals surface area contributed by atoms with Gasteiger partial charge in [-0.25, -0.2) is 0 Å². The minimum Gasteiger partial charge on any atom is -0.383 e. The number of nitrogens with one attached hydrogen (secondary N) is 1. The first-order valence-electron chi connectivity index (χ1n) is 9.02. The van der Waals surface area contributed by atoms with Crippen molar-refractivity contribution in [1.29, 1.82) is 0 Å². The summed E-state index contributed by atoms with van der Waals surface area (Å²) in [5.74, 6) is 0.550. The van der Waals surface area contributed by atoms with Crippen molar-refractivity contribution in [3.63, 3.8) is 0 Å². The molecule has 4 nitrogen and oxygen atoms in total. The highest BCUT2D eigenvalue weighted by molar-refractivity contribution is 5.75. The first-order chi connectivity index (χ1) is 12.4. The molecule has 2 rings (SSSR count). The number of ether oxygens (including phenoxy) is 1. The number of piperidine rings is 1. The highest BCUT2D eigenvalue weighted by Gasteiger charge is 2.30. The lowest BCUT2D eigenvalue weighted by atomic mass is 9.92. The Morgan fingerprint density at radius 1 is 1.31 bits per heavy atom. The number of alkyl halides is 3. The Morgan fingerprint density at radius 2 is 2.04 bits per heavy atom. The Bertz CT molecular complexity index is 570. The third kappa shape index (κ3) is 6.96. The Morgan fingerprint density at radius 3 is 2.69 bits per heavy atom. The molecule has 1 saturated heterocycles. The van der Waals surface area contributed by atoms with Gasteiger partial charge in [0.15, 0.2) is 0 Å². The maximum atomic E-state index is 12.8. The lowest BCUT2D eigenvalue weighted by Crippen LogP contribution is -2.34. The average Bonchev–Trinajstić information content (AvgIpc) is 2.61. The van der Waals surface area contributed by atoms with Gasteiger partial charge in [0.25, 0.3) is 0 Å². The monoisotopic (exact) mass is 372 g/mol. The lowest BCUT2D eigenvalue weighted by Gasteiger charge is -2.32. The quantitative estimate of drug-likeness (QED) is 0.711. The molecule has 1 fully saturated rings. The third-order valence-corrected chi connectivity index (χ3v) is 4.78. The fourth-order valence-corrected chi connectivity index (χ4v) is 3.25. The van der Waals surface area contributed by atoms with E-state index < -0.39 is 11.7 Å². The number of amides is 1. The molecular weight excluding hydrogens is 345 g/mol. The predicted molar refractivity (Wildman–Crippen MR) is 93.6 cm³/mol. The summed E-state index contributed by atoms with van der Waals surface area (Å²) in [4.78, 5) is 13.9. The van der Waals surface area contributed by atoms with E-state index in [1.54, 1.807) is 13.2 Å². The largest absolute Gasteiger partial charge is 0.416 e. The number of benzene rings is 1. The first kappa shape index (κ1) is 20.7. The molecule has 146 valence electrons. The van der Waals surface area contributed by atoms with Crippen molar-refractivity contribution in [1.82, 2.24) is 10.2 Å². The molecule has 26 heavy (non-hydrogen) atoms. The van der Waals surface area contributed by atoms with Crippen LogP contribution in [0, 0.1) is 5.92 Å². The van der Waals surface area contributed by atoms with Crippen LogP contribution in [0.25, 0.3) is 0 Å². The van der Waals surface area contributed by atoms with Crippen LogP contribution in [0.4, 0.5) is 13.2 Å². The van der Waals surface area contributed by atoms with Crippen LogP contribution in [0.1, 0.15) is 36.8 Å². The van der Waals surface area contributed by atoms with Crippen molar-refractivity contribution >= 4 is 5.91 Å². The number of methoxy groups -OCH3 is 1. The predicted octanol–water partition coefficient (Wildman–Crippen LogP) is 3.46. The minimum atomic E-state index is -4.30. The normalized spacial score (nSPS) is 16.6. The first-order valence-corrected chi connectivity index (χ1v) is 9.02. The van der Waals surface area contributed by atoms with E-state index in [4.69, 9.17) is 4.74 Å². The molecule has 0 atom stereocenters. The molecule has 1 heterocycles. The van der Waals surface area contributed by atoms with Gasteiger partial charge in [0.05, 0.1) is 12.2 Å². The van der Waals surface area contributed by atoms with E-state index in [-0.39, 0.29) is 5.91 Å². The molecule has 1 N–H and O–H groups in total. The van der Waals surface area contributed by atoms with Gasteiger partial charge in [-0.05, 0) is 49.9 Å². The molecule has 0 aromatic heterocycles. The second kappa shape index (κ2) is 9.92. The molecule has 1 aliphatic rings. The third-order valence-electron chi connectivity index (χ3n) is 4.78. The van der Waals surface area contributed by atoms with Gasteiger partial charge in [-0.15, -0.1) is 0 Å². The Kier molecular flexibility index (Phi) is 7.90. The van der Waals surface area contributed by atoms with Crippen LogP contribution in [0.2, 0.25) is 0 Å². The lowest BCUT2D eigenvalue weighted by molar-refractivity contribution is -0.137. The van der Waals surface area contributed by atoms with E-state index in [0.29, 0.717) is 37.6 Å². The number of carbonyl (C=O) groups excluding carboxylic acids is 1. The van der Waals surface area contributed by atoms with Gasteiger partial charge in [-0.1, -0.05) is 18.2 Å². The van der Waals surface area contributed by atoms with Crippen LogP contribution >= 0.6 is 0 Å². The van der Waals surface area contributed by atoms with Crippen LogP contribution in [0.3, 0.4) is 0 Å². The van der Waals surface area contributed by atoms with Crippen LogP contribution in [0.5, 0.6) is 0 Å². The van der Waals surface area contributed by atoms with Crippen LogP contribution in [-0.2, 0) is 22.3 Å². The van der Waals surface area contributed by atoms with Gasteiger partial charge in [-0.3, -0.25) is 9.69 Å². The zero-order valence-electron chi connectivity index (χ0n) is 15.1. The van der Waals surface area contributed by atoms with E-state index in [1.807, 2.05) is 0 Å². The Balaban J connectivity index is 1.71. The van der Waals surface area contributed by atoms with E-state index in [1.165, 1.54) is 12.1 Å². The fraction of sp³-hybridized carbons (Fsp3) is 0.632. The number of hydrogen-bond acceptors (Lipinski definition) is 3. The van der Waals surface area contributed by atoms with Crippen molar-refractivity contribution in [3.8, 4) is 0 Å². The van der Waals surface area contributed by atoms with Crippen LogP contribution in [0.15, 0.2) is 24.3 Å². The minimum absolute atomic E-state index is 0.0495. The second-order valence-electron chi connectivity index (χ2n) is 6.80. The van der Waals surface area contributed by atoms with Crippen LogP contribution in [-0.4, -0.2) is 44.2 Å². The van der Waals surface area contributed by atoms with Crippen LogP contribution < -0.4 is 5.32 Å². The standard InChI is InChI=1S/C19H27F3N2O2/c1-26-12-9-23-18(25)6-5-15-7-10-24(11-8-15)14-16-3-2-4-17(13-16)19(20,21)22/h2-4,13,15H,5-12,14H2,1H3,(H,23,25). The molecule has 1 aliphatic heterocycles. The number of hydrogen-bond donors (Lipinski definition) is 1. The molecule has 0 saturated carbocycles. The molecule has 0 radical (unpaired) electrons. The summed E-state index contributed by atoms with van der Waals surface area (Å²) in [6.07, 6.45) is -0.973. The smallest absolute Gasteiger partial charge is 0.383 e. The number of likely N-dealkylation sites (tertiary alicyclic amines) is 1. The van der Waals surface area contributed by atoms with Gasteiger partial charge in [-0.2, -0.15) is 13.2 Å². The Labute approximate surface area is 152 Å². The highest BCUT2D eigenvalue weighted by Crippen LogP contribution is 2.30. The maximum absolute atomic E-state index is 12.8. The molecule has 1 aromatic rings. The maximum Gasteiger partial charge on any atom is 0.416 e. The molecule has 1 amide bonds. The zero-order valence-corrected chi connectivity index (χ0v) is 15.1. The average molecular weight is 372 g/mol. The van der Waals surface area contributed by atoms with Gasteiger partial charge in [0.2, 0.25) is 5.91 Å². The Hall–Kier alpha value is -1.60. The van der Waals surface area contributed by atoms with Gasteiger partial charge in [0, 0.05) is 26.6 Å². The van der Waals surface area contributed by atoms with Crippen molar-refractivity contribution in [2.45, 2.75) is 38.4 Å². The highest BCUT2D eigenvalue weighted by atomic mass is 19.4. The number of halogens is 3. The van der Waals surface area contributed by atoms with Gasteiger partial charge < -0.3 is 10.1 Å². The zero-order chi connectivity index (χ0) is 19.0. The number of nitrogens with zero attached hydrogens (tertiary/aromatic N) is 1. The number of rotatable bonds is 8. The summed E-state index contributed by atoms with van der Waals surface area (Å²) >= 11 is 0. The van der Waals surface area contributed by atoms with E-state index in [9.17, 15) is 18.0 Å². The molecule has 0 unspecified atom stereocenters. The van der Waals surface area contributed by atoms with Gasteiger partial charge in [0.1, 0.15) is 0 Å². The topological polar surface area (TPSA) is 41.6 Å². The molecule has 1 aromatic carbocycles. The summed E-state index contributed by atoms with van der Waals surface area (Å²) in [5, 5.41) is 2.82.